The van der Waals surface area contributed by atoms with E-state index in [0.717, 1.165) is 16.6 Å². The molecule has 0 N–H and O–H groups in total. The summed E-state index contributed by atoms with van der Waals surface area (Å²) in [4.78, 5) is 18.1. The van der Waals surface area contributed by atoms with E-state index in [4.69, 9.17) is 9.47 Å². The molecule has 5 nitrogen and oxygen atoms in total. The zero-order valence-corrected chi connectivity index (χ0v) is 15.5. The molecule has 2 aromatic heterocycles. The molecule has 0 aliphatic rings. The van der Waals surface area contributed by atoms with Gasteiger partial charge in [0.15, 0.2) is 16.5 Å². The molecule has 0 aliphatic carbocycles. The number of rotatable bonds is 4. The molecule has 2 aromatic carbocycles. The first-order valence-corrected chi connectivity index (χ1v) is 9.15. The van der Waals surface area contributed by atoms with Crippen LogP contribution in [0.15, 0.2) is 47.3 Å². The molecule has 2 heterocycles. The third-order valence-electron chi connectivity index (χ3n) is 3.99. The lowest BCUT2D eigenvalue weighted by Gasteiger charge is -2.13. The fourth-order valence-electron chi connectivity index (χ4n) is 2.89. The molecule has 0 bridgehead atoms. The minimum Gasteiger partial charge on any atom is -0.493 e. The number of ether oxygens (including phenoxy) is 2. The van der Waals surface area contributed by atoms with Gasteiger partial charge in [-0.15, -0.1) is 0 Å². The summed E-state index contributed by atoms with van der Waals surface area (Å²) in [5.74, 6) is 1.33. The van der Waals surface area contributed by atoms with Gasteiger partial charge in [-0.1, -0.05) is 29.5 Å². The first kappa shape index (κ1) is 16.6. The second-order valence-electron chi connectivity index (χ2n) is 6.21. The standard InChI is InChI=1S/C20H18N2O3S/c1-12(2)25-16-9-8-13(10-17(16)24-3)11-18-19(23)22-15-7-5-4-6-14(15)21-20(22)26-18/h4-12H,1-3H3/b18-11-. The topological polar surface area (TPSA) is 52.8 Å². The van der Waals surface area contributed by atoms with E-state index in [1.807, 2.05) is 62.4 Å². The molecule has 0 spiro atoms. The van der Waals surface area contributed by atoms with Crippen molar-refractivity contribution < 1.29 is 9.47 Å². The molecular weight excluding hydrogens is 348 g/mol. The van der Waals surface area contributed by atoms with E-state index in [-0.39, 0.29) is 11.7 Å². The van der Waals surface area contributed by atoms with E-state index in [1.165, 1.54) is 11.3 Å². The summed E-state index contributed by atoms with van der Waals surface area (Å²) in [6, 6.07) is 13.3. The van der Waals surface area contributed by atoms with Gasteiger partial charge in [0.2, 0.25) is 0 Å². The number of hydrogen-bond donors (Lipinski definition) is 0. The van der Waals surface area contributed by atoms with Gasteiger partial charge in [0.1, 0.15) is 0 Å². The zero-order valence-electron chi connectivity index (χ0n) is 14.7. The van der Waals surface area contributed by atoms with E-state index in [2.05, 4.69) is 4.98 Å². The Hall–Kier alpha value is -2.86. The lowest BCUT2D eigenvalue weighted by molar-refractivity contribution is 0.230. The fourth-order valence-corrected chi connectivity index (χ4v) is 3.88. The number of nitrogens with zero attached hydrogens (tertiary/aromatic N) is 2. The molecular formula is C20H18N2O3S. The van der Waals surface area contributed by atoms with Crippen molar-refractivity contribution in [2.75, 3.05) is 7.11 Å². The minimum atomic E-state index is -0.0554. The Morgan fingerprint density at radius 3 is 2.73 bits per heavy atom. The predicted molar refractivity (Wildman–Crippen MR) is 104 cm³/mol. The minimum absolute atomic E-state index is 0.0554. The molecule has 4 rings (SSSR count). The molecule has 26 heavy (non-hydrogen) atoms. The van der Waals surface area contributed by atoms with Crippen molar-refractivity contribution in [3.8, 4) is 11.5 Å². The van der Waals surface area contributed by atoms with Crippen LogP contribution in [-0.2, 0) is 0 Å². The van der Waals surface area contributed by atoms with Gasteiger partial charge in [-0.2, -0.15) is 0 Å². The van der Waals surface area contributed by atoms with Crippen molar-refractivity contribution in [1.29, 1.82) is 0 Å². The summed E-state index contributed by atoms with van der Waals surface area (Å²) >= 11 is 1.38. The average Bonchev–Trinajstić information content (AvgIpc) is 3.12. The molecule has 0 radical (unpaired) electrons. The molecule has 6 heteroatoms. The molecule has 0 saturated carbocycles. The summed E-state index contributed by atoms with van der Waals surface area (Å²) in [5, 5.41) is 0. The van der Waals surface area contributed by atoms with Crippen molar-refractivity contribution in [2.45, 2.75) is 20.0 Å². The van der Waals surface area contributed by atoms with Crippen LogP contribution in [0, 0.1) is 0 Å². The highest BCUT2D eigenvalue weighted by molar-refractivity contribution is 7.15. The van der Waals surface area contributed by atoms with Crippen LogP contribution in [0.1, 0.15) is 19.4 Å². The quantitative estimate of drug-likeness (QED) is 0.556. The number of imidazole rings is 1. The van der Waals surface area contributed by atoms with Gasteiger partial charge < -0.3 is 9.47 Å². The average molecular weight is 366 g/mol. The van der Waals surface area contributed by atoms with E-state index >= 15 is 0 Å². The van der Waals surface area contributed by atoms with Crippen molar-refractivity contribution in [3.63, 3.8) is 0 Å². The Morgan fingerprint density at radius 2 is 1.96 bits per heavy atom. The zero-order chi connectivity index (χ0) is 18.3. The largest absolute Gasteiger partial charge is 0.493 e. The maximum atomic E-state index is 12.8. The SMILES string of the molecule is COc1cc(/C=c2\sc3nc4ccccc4n3c2=O)ccc1OC(C)C. The van der Waals surface area contributed by atoms with Gasteiger partial charge in [-0.05, 0) is 49.8 Å². The van der Waals surface area contributed by atoms with Gasteiger partial charge in [0.05, 0.1) is 28.8 Å². The van der Waals surface area contributed by atoms with Crippen LogP contribution in [-0.4, -0.2) is 22.6 Å². The fraction of sp³-hybridized carbons (Fsp3) is 0.200. The summed E-state index contributed by atoms with van der Waals surface area (Å²) in [5.41, 5.74) is 2.49. The molecule has 132 valence electrons. The maximum Gasteiger partial charge on any atom is 0.274 e. The van der Waals surface area contributed by atoms with Crippen LogP contribution in [0.4, 0.5) is 0 Å². The molecule has 0 atom stereocenters. The third kappa shape index (κ3) is 2.82. The maximum absolute atomic E-state index is 12.8. The first-order valence-electron chi connectivity index (χ1n) is 8.33. The Bertz CT molecular complexity index is 1210. The normalized spacial score (nSPS) is 12.4. The molecule has 0 saturated heterocycles. The highest BCUT2D eigenvalue weighted by Crippen LogP contribution is 2.29. The monoisotopic (exact) mass is 366 g/mol. The van der Waals surface area contributed by atoms with Crippen LogP contribution >= 0.6 is 11.3 Å². The number of hydrogen-bond acceptors (Lipinski definition) is 5. The lowest BCUT2D eigenvalue weighted by Crippen LogP contribution is -2.22. The van der Waals surface area contributed by atoms with Crippen LogP contribution in [0.25, 0.3) is 22.1 Å². The molecule has 4 aromatic rings. The van der Waals surface area contributed by atoms with Gasteiger partial charge in [0, 0.05) is 0 Å². The number of methoxy groups -OCH3 is 1. The Balaban J connectivity index is 1.83. The van der Waals surface area contributed by atoms with E-state index in [9.17, 15) is 4.79 Å². The van der Waals surface area contributed by atoms with Gasteiger partial charge in [-0.25, -0.2) is 9.38 Å². The summed E-state index contributed by atoms with van der Waals surface area (Å²) in [6.45, 7) is 3.93. The number of para-hydroxylation sites is 2. The highest BCUT2D eigenvalue weighted by Gasteiger charge is 2.11. The highest BCUT2D eigenvalue weighted by atomic mass is 32.1. The second-order valence-corrected chi connectivity index (χ2v) is 7.22. The van der Waals surface area contributed by atoms with Gasteiger partial charge in [0.25, 0.3) is 5.56 Å². The van der Waals surface area contributed by atoms with Gasteiger partial charge in [-0.3, -0.25) is 4.79 Å². The number of fused-ring (bicyclic) bond motifs is 3. The van der Waals surface area contributed by atoms with Crippen molar-refractivity contribution in [3.05, 3.63) is 62.9 Å². The Labute approximate surface area is 154 Å². The van der Waals surface area contributed by atoms with Crippen LogP contribution in [0.3, 0.4) is 0 Å². The molecule has 0 unspecified atom stereocenters. The van der Waals surface area contributed by atoms with Crippen molar-refractivity contribution in [2.24, 2.45) is 0 Å². The molecule has 0 fully saturated rings. The summed E-state index contributed by atoms with van der Waals surface area (Å²) in [7, 11) is 1.61. The number of benzene rings is 2. The summed E-state index contributed by atoms with van der Waals surface area (Å²) < 4.78 is 13.5. The predicted octanol–water partition coefficient (Wildman–Crippen LogP) is 3.25. The Morgan fingerprint density at radius 1 is 1.15 bits per heavy atom. The van der Waals surface area contributed by atoms with E-state index < -0.39 is 0 Å². The van der Waals surface area contributed by atoms with Gasteiger partial charge >= 0.3 is 0 Å². The smallest absolute Gasteiger partial charge is 0.274 e. The van der Waals surface area contributed by atoms with Crippen LogP contribution in [0.5, 0.6) is 11.5 Å². The summed E-state index contributed by atoms with van der Waals surface area (Å²) in [6.07, 6.45) is 1.92. The first-order chi connectivity index (χ1) is 12.6. The molecule has 0 amide bonds. The second kappa shape index (κ2) is 6.46. The number of aromatic nitrogens is 2. The van der Waals surface area contributed by atoms with E-state index in [0.29, 0.717) is 21.0 Å². The van der Waals surface area contributed by atoms with Crippen LogP contribution < -0.4 is 19.6 Å². The molecule has 0 aliphatic heterocycles. The van der Waals surface area contributed by atoms with Crippen molar-refractivity contribution >= 4 is 33.4 Å². The Kier molecular flexibility index (Phi) is 4.12. The number of thiazole rings is 1. The third-order valence-corrected chi connectivity index (χ3v) is 4.96. The van der Waals surface area contributed by atoms with Crippen LogP contribution in [0.2, 0.25) is 0 Å². The van der Waals surface area contributed by atoms with E-state index in [1.54, 1.807) is 11.5 Å². The van der Waals surface area contributed by atoms with Crippen molar-refractivity contribution in [1.82, 2.24) is 9.38 Å². The lowest BCUT2D eigenvalue weighted by atomic mass is 10.2.